The number of hydrogen-bond donors (Lipinski definition) is 4. The van der Waals surface area contributed by atoms with Gasteiger partial charge in [-0.3, -0.25) is 14.3 Å². The molecule has 35 heavy (non-hydrogen) atoms. The van der Waals surface area contributed by atoms with Gasteiger partial charge in [0.25, 0.3) is 5.56 Å². The lowest BCUT2D eigenvalue weighted by molar-refractivity contribution is -0.0550. The van der Waals surface area contributed by atoms with E-state index in [-0.39, 0.29) is 5.56 Å². The second-order valence-electron chi connectivity index (χ2n) is 8.66. The molecule has 6 rings (SSSR count). The van der Waals surface area contributed by atoms with Crippen LogP contribution in [0.3, 0.4) is 0 Å². The Kier molecular flexibility index (Phi) is 4.95. The van der Waals surface area contributed by atoms with Gasteiger partial charge in [0.15, 0.2) is 6.23 Å². The molecule has 0 spiro atoms. The van der Waals surface area contributed by atoms with E-state index in [4.69, 9.17) is 4.74 Å². The Morgan fingerprint density at radius 3 is 2.23 bits per heavy atom. The first-order valence-electron chi connectivity index (χ1n) is 11.1. The van der Waals surface area contributed by atoms with E-state index in [9.17, 15) is 24.9 Å². The van der Waals surface area contributed by atoms with Gasteiger partial charge in [-0.05, 0) is 38.4 Å². The van der Waals surface area contributed by atoms with Crippen LogP contribution in [0.2, 0.25) is 0 Å². The molecule has 8 nitrogen and oxygen atoms in total. The summed E-state index contributed by atoms with van der Waals surface area (Å²) in [5.41, 5.74) is -0.782. The Hall–Kier alpha value is -4.00. The summed E-state index contributed by atoms with van der Waals surface area (Å²) in [4.78, 5) is 27.0. The number of aliphatic hydroxyl groups is 3. The minimum Gasteiger partial charge on any atom is -0.394 e. The molecule has 0 unspecified atom stereocenters. The Balaban J connectivity index is 1.47. The first-order valence-corrected chi connectivity index (χ1v) is 11.1. The predicted molar refractivity (Wildman–Crippen MR) is 130 cm³/mol. The van der Waals surface area contributed by atoms with Crippen molar-refractivity contribution in [1.29, 1.82) is 0 Å². The van der Waals surface area contributed by atoms with Crippen molar-refractivity contribution in [2.24, 2.45) is 0 Å². The molecular formula is C27H20N2O6. The normalized spacial score (nSPS) is 22.1. The molecule has 4 N–H and O–H groups in total. The van der Waals surface area contributed by atoms with E-state index in [1.807, 2.05) is 30.3 Å². The fourth-order valence-electron chi connectivity index (χ4n) is 4.85. The van der Waals surface area contributed by atoms with Gasteiger partial charge in [0.1, 0.15) is 23.9 Å². The SMILES string of the molecule is O=c1[nH]c(=O)n([C@@H]2O[C@H](CO)[C@@H](O)[C@H]2O)cc1C#Cc1ccc2ccc3cccc4ccc1c2c34. The van der Waals surface area contributed by atoms with Gasteiger partial charge >= 0.3 is 5.69 Å². The molecule has 1 aliphatic rings. The van der Waals surface area contributed by atoms with Crippen LogP contribution in [-0.2, 0) is 4.74 Å². The van der Waals surface area contributed by atoms with Crippen LogP contribution in [0.15, 0.2) is 70.4 Å². The molecule has 8 heteroatoms. The second kappa shape index (κ2) is 8.05. The third-order valence-corrected chi connectivity index (χ3v) is 6.62. The predicted octanol–water partition coefficient (Wildman–Crippen LogP) is 1.45. The fourth-order valence-corrected chi connectivity index (χ4v) is 4.85. The molecule has 0 saturated carbocycles. The van der Waals surface area contributed by atoms with Crippen molar-refractivity contribution in [3.8, 4) is 11.8 Å². The number of nitrogens with zero attached hydrogens (tertiary/aromatic N) is 1. The van der Waals surface area contributed by atoms with Crippen LogP contribution < -0.4 is 11.2 Å². The average molecular weight is 468 g/mol. The summed E-state index contributed by atoms with van der Waals surface area (Å²) in [5.74, 6) is 5.90. The standard InChI is InChI=1S/C27H20N2O6/c30-13-20-23(31)24(32)26(35-20)29-12-18(25(33)28-27(29)34)9-5-14-4-6-17-8-7-15-2-1-3-16-10-11-19(14)22(17)21(15)16/h1-4,6-8,10-12,20,23-24,26,30-32H,13H2,(H,28,33,34)/t20-,23-,24-,26-/m1/s1. The molecule has 5 aromatic rings. The van der Waals surface area contributed by atoms with Crippen LogP contribution in [0.25, 0.3) is 32.3 Å². The molecule has 1 aromatic heterocycles. The van der Waals surface area contributed by atoms with Crippen molar-refractivity contribution in [1.82, 2.24) is 9.55 Å². The van der Waals surface area contributed by atoms with Crippen LogP contribution in [0.5, 0.6) is 0 Å². The van der Waals surface area contributed by atoms with E-state index >= 15 is 0 Å². The van der Waals surface area contributed by atoms with Crippen molar-refractivity contribution in [2.75, 3.05) is 6.61 Å². The maximum atomic E-state index is 12.5. The lowest BCUT2D eigenvalue weighted by Gasteiger charge is -2.17. The summed E-state index contributed by atoms with van der Waals surface area (Å²) < 4.78 is 6.40. The number of ether oxygens (including phenoxy) is 1. The Labute approximate surface area is 198 Å². The number of aromatic amines is 1. The highest BCUT2D eigenvalue weighted by Crippen LogP contribution is 2.35. The van der Waals surface area contributed by atoms with Crippen molar-refractivity contribution >= 4 is 32.3 Å². The summed E-state index contributed by atoms with van der Waals surface area (Å²) in [7, 11) is 0. The molecule has 2 heterocycles. The number of H-pyrrole nitrogens is 1. The average Bonchev–Trinajstić information content (AvgIpc) is 3.15. The van der Waals surface area contributed by atoms with Crippen molar-refractivity contribution in [3.63, 3.8) is 0 Å². The van der Waals surface area contributed by atoms with Gasteiger partial charge in [0, 0.05) is 11.8 Å². The van der Waals surface area contributed by atoms with Crippen molar-refractivity contribution < 1.29 is 20.1 Å². The lowest BCUT2D eigenvalue weighted by Crippen LogP contribution is -2.38. The van der Waals surface area contributed by atoms with Crippen LogP contribution in [0.4, 0.5) is 0 Å². The van der Waals surface area contributed by atoms with E-state index in [1.54, 1.807) is 0 Å². The van der Waals surface area contributed by atoms with Crippen LogP contribution >= 0.6 is 0 Å². The second-order valence-corrected chi connectivity index (χ2v) is 8.66. The molecule has 4 aromatic carbocycles. The summed E-state index contributed by atoms with van der Waals surface area (Å²) >= 11 is 0. The number of aromatic nitrogens is 2. The number of nitrogens with one attached hydrogen (secondary N) is 1. The maximum absolute atomic E-state index is 12.5. The van der Waals surface area contributed by atoms with E-state index in [0.717, 1.165) is 42.4 Å². The Morgan fingerprint density at radius 2 is 1.51 bits per heavy atom. The van der Waals surface area contributed by atoms with Crippen molar-refractivity contribution in [2.45, 2.75) is 24.5 Å². The first-order chi connectivity index (χ1) is 17.0. The topological polar surface area (TPSA) is 125 Å². The zero-order valence-corrected chi connectivity index (χ0v) is 18.3. The third kappa shape index (κ3) is 3.33. The third-order valence-electron chi connectivity index (χ3n) is 6.62. The van der Waals surface area contributed by atoms with Gasteiger partial charge in [0.2, 0.25) is 0 Å². The molecular weight excluding hydrogens is 448 g/mol. The minimum atomic E-state index is -1.46. The van der Waals surface area contributed by atoms with Gasteiger partial charge in [-0.15, -0.1) is 0 Å². The van der Waals surface area contributed by atoms with Gasteiger partial charge in [-0.2, -0.15) is 0 Å². The van der Waals surface area contributed by atoms with Crippen LogP contribution in [0, 0.1) is 11.8 Å². The smallest absolute Gasteiger partial charge is 0.330 e. The Morgan fingerprint density at radius 1 is 0.857 bits per heavy atom. The Bertz CT molecular complexity index is 1760. The molecule has 0 aliphatic carbocycles. The first kappa shape index (κ1) is 21.5. The number of benzene rings is 4. The summed E-state index contributed by atoms with van der Waals surface area (Å²) in [6.45, 7) is -0.534. The van der Waals surface area contributed by atoms with E-state index in [0.29, 0.717) is 0 Å². The molecule has 0 bridgehead atoms. The summed E-state index contributed by atoms with van der Waals surface area (Å²) in [6, 6.07) is 18.3. The van der Waals surface area contributed by atoms with Gasteiger partial charge < -0.3 is 20.1 Å². The number of hydrogen-bond acceptors (Lipinski definition) is 6. The molecule has 174 valence electrons. The molecule has 1 fully saturated rings. The van der Waals surface area contributed by atoms with Gasteiger partial charge in [-0.25, -0.2) is 4.79 Å². The molecule has 1 saturated heterocycles. The maximum Gasteiger partial charge on any atom is 0.330 e. The van der Waals surface area contributed by atoms with Gasteiger partial charge in [0.05, 0.1) is 6.61 Å². The van der Waals surface area contributed by atoms with E-state index in [2.05, 4.69) is 41.1 Å². The monoisotopic (exact) mass is 468 g/mol. The van der Waals surface area contributed by atoms with E-state index in [1.165, 1.54) is 6.20 Å². The van der Waals surface area contributed by atoms with E-state index < -0.39 is 42.4 Å². The zero-order chi connectivity index (χ0) is 24.3. The zero-order valence-electron chi connectivity index (χ0n) is 18.3. The lowest BCUT2D eigenvalue weighted by atomic mass is 9.92. The van der Waals surface area contributed by atoms with Crippen molar-refractivity contribution in [3.05, 3.63) is 92.8 Å². The highest BCUT2D eigenvalue weighted by molar-refractivity contribution is 6.23. The highest BCUT2D eigenvalue weighted by Gasteiger charge is 2.43. The molecule has 0 amide bonds. The molecule has 1 aliphatic heterocycles. The van der Waals surface area contributed by atoms with Crippen LogP contribution in [-0.4, -0.2) is 49.8 Å². The minimum absolute atomic E-state index is 0.00645. The van der Waals surface area contributed by atoms with Gasteiger partial charge in [-0.1, -0.05) is 60.4 Å². The highest BCUT2D eigenvalue weighted by atomic mass is 16.6. The molecule has 4 atom stereocenters. The van der Waals surface area contributed by atoms with Crippen LogP contribution in [0.1, 0.15) is 17.4 Å². The molecule has 0 radical (unpaired) electrons. The summed E-state index contributed by atoms with van der Waals surface area (Å²) in [6.07, 6.45) is -3.98. The number of rotatable bonds is 2. The quantitative estimate of drug-likeness (QED) is 0.230. The largest absolute Gasteiger partial charge is 0.394 e. The fraction of sp³-hybridized carbons (Fsp3) is 0.185. The summed E-state index contributed by atoms with van der Waals surface area (Å²) in [5, 5.41) is 36.2. The number of aliphatic hydroxyl groups excluding tert-OH is 3.